The van der Waals surface area contributed by atoms with Gasteiger partial charge in [0.1, 0.15) is 5.57 Å². The second-order valence-corrected chi connectivity index (χ2v) is 8.12. The number of urea groups is 1. The van der Waals surface area contributed by atoms with Gasteiger partial charge in [0.2, 0.25) is 0 Å². The van der Waals surface area contributed by atoms with Gasteiger partial charge in [0.05, 0.1) is 16.8 Å². The molecule has 0 bridgehead atoms. The Hall–Kier alpha value is -3.37. The summed E-state index contributed by atoms with van der Waals surface area (Å²) in [5, 5.41) is 2.54. The van der Waals surface area contributed by atoms with E-state index in [9.17, 15) is 19.2 Å². The Morgan fingerprint density at radius 3 is 2.64 bits per heavy atom. The number of hydrogen-bond donors (Lipinski definition) is 2. The zero-order valence-electron chi connectivity index (χ0n) is 17.6. The van der Waals surface area contributed by atoms with Crippen LogP contribution in [-0.2, 0) is 14.4 Å². The van der Waals surface area contributed by atoms with Crippen LogP contribution in [0.15, 0.2) is 40.4 Å². The van der Waals surface area contributed by atoms with Crippen LogP contribution in [0.25, 0.3) is 6.08 Å². The van der Waals surface area contributed by atoms with Crippen molar-refractivity contribution >= 4 is 63.0 Å². The Balaban J connectivity index is 2.04. The lowest BCUT2D eigenvalue weighted by Crippen LogP contribution is -2.54. The van der Waals surface area contributed by atoms with E-state index in [1.807, 2.05) is 0 Å². The molecular formula is C22H19BrClN3O6. The van der Waals surface area contributed by atoms with E-state index < -0.39 is 23.8 Å². The third-order valence-corrected chi connectivity index (χ3v) is 5.58. The van der Waals surface area contributed by atoms with Crippen molar-refractivity contribution in [1.29, 1.82) is 0 Å². The molecule has 1 saturated heterocycles. The highest BCUT2D eigenvalue weighted by atomic mass is 79.9. The summed E-state index contributed by atoms with van der Waals surface area (Å²) >= 11 is 9.47. The lowest BCUT2D eigenvalue weighted by atomic mass is 10.1. The highest BCUT2D eigenvalue weighted by molar-refractivity contribution is 9.10. The van der Waals surface area contributed by atoms with Crippen molar-refractivity contribution in [2.24, 2.45) is 5.73 Å². The van der Waals surface area contributed by atoms with E-state index in [1.54, 1.807) is 38.1 Å². The van der Waals surface area contributed by atoms with Crippen molar-refractivity contribution in [3.05, 3.63) is 56.5 Å². The summed E-state index contributed by atoms with van der Waals surface area (Å²) in [5.74, 6) is -1.81. The fraction of sp³-hybridized carbons (Fsp3) is 0.182. The number of ether oxygens (including phenoxy) is 2. The predicted molar refractivity (Wildman–Crippen MR) is 125 cm³/mol. The molecule has 1 aliphatic heterocycles. The summed E-state index contributed by atoms with van der Waals surface area (Å²) in [6, 6.07) is 7.01. The second kappa shape index (κ2) is 10.1. The number of hydrogen-bond acceptors (Lipinski definition) is 6. The van der Waals surface area contributed by atoms with Crippen molar-refractivity contribution in [1.82, 2.24) is 5.32 Å². The summed E-state index contributed by atoms with van der Waals surface area (Å²) in [5.41, 5.74) is 6.05. The summed E-state index contributed by atoms with van der Waals surface area (Å²) in [6.45, 7) is 3.34. The number of nitrogens with zero attached hydrogens (tertiary/aromatic N) is 1. The molecule has 11 heteroatoms. The minimum Gasteiger partial charge on any atom is -0.490 e. The quantitative estimate of drug-likeness (QED) is 0.413. The minimum atomic E-state index is -0.876. The molecule has 0 atom stereocenters. The summed E-state index contributed by atoms with van der Waals surface area (Å²) in [4.78, 5) is 50.1. The van der Waals surface area contributed by atoms with Gasteiger partial charge in [-0.1, -0.05) is 17.7 Å². The molecule has 2 aromatic rings. The molecule has 3 rings (SSSR count). The van der Waals surface area contributed by atoms with Crippen LogP contribution in [0.3, 0.4) is 0 Å². The Morgan fingerprint density at radius 2 is 1.97 bits per heavy atom. The highest BCUT2D eigenvalue weighted by Crippen LogP contribution is 2.38. The molecule has 0 aliphatic carbocycles. The Kier molecular flexibility index (Phi) is 7.39. The number of carbonyl (C=O) groups is 4. The summed E-state index contributed by atoms with van der Waals surface area (Å²) in [6.07, 6.45) is 1.32. The SMILES string of the molecule is CCOc1cc(/C=C2\C(=O)NC(=O)N(c3cccc(Cl)c3C)C2=O)cc(Br)c1OCC(N)=O. The number of anilines is 1. The Bertz CT molecular complexity index is 1200. The Morgan fingerprint density at radius 1 is 1.24 bits per heavy atom. The van der Waals surface area contributed by atoms with Crippen molar-refractivity contribution < 1.29 is 28.7 Å². The summed E-state index contributed by atoms with van der Waals surface area (Å²) < 4.78 is 11.4. The average molecular weight is 537 g/mol. The third-order valence-electron chi connectivity index (χ3n) is 4.58. The number of halogens is 2. The fourth-order valence-electron chi connectivity index (χ4n) is 3.10. The smallest absolute Gasteiger partial charge is 0.335 e. The maximum Gasteiger partial charge on any atom is 0.335 e. The molecule has 33 heavy (non-hydrogen) atoms. The number of carbonyl (C=O) groups excluding carboxylic acids is 4. The number of nitrogens with two attached hydrogens (primary N) is 1. The number of rotatable bonds is 7. The molecule has 0 aromatic heterocycles. The van der Waals surface area contributed by atoms with E-state index in [2.05, 4.69) is 21.2 Å². The van der Waals surface area contributed by atoms with E-state index in [-0.39, 0.29) is 36.0 Å². The van der Waals surface area contributed by atoms with Crippen molar-refractivity contribution in [2.45, 2.75) is 13.8 Å². The van der Waals surface area contributed by atoms with Crippen LogP contribution in [0.1, 0.15) is 18.1 Å². The van der Waals surface area contributed by atoms with Crippen LogP contribution in [0.5, 0.6) is 11.5 Å². The third kappa shape index (κ3) is 5.18. The summed E-state index contributed by atoms with van der Waals surface area (Å²) in [7, 11) is 0. The van der Waals surface area contributed by atoms with Gasteiger partial charge in [0.25, 0.3) is 17.7 Å². The molecule has 5 amide bonds. The number of imide groups is 2. The first kappa shape index (κ1) is 24.3. The van der Waals surface area contributed by atoms with Gasteiger partial charge in [0, 0.05) is 5.02 Å². The van der Waals surface area contributed by atoms with Gasteiger partial charge in [0.15, 0.2) is 18.1 Å². The van der Waals surface area contributed by atoms with Gasteiger partial charge in [-0.2, -0.15) is 0 Å². The lowest BCUT2D eigenvalue weighted by Gasteiger charge is -2.27. The number of barbiturate groups is 1. The topological polar surface area (TPSA) is 128 Å². The lowest BCUT2D eigenvalue weighted by molar-refractivity contribution is -0.123. The number of benzene rings is 2. The Labute approximate surface area is 202 Å². The van der Waals surface area contributed by atoms with Gasteiger partial charge in [-0.3, -0.25) is 19.7 Å². The molecular weight excluding hydrogens is 518 g/mol. The second-order valence-electron chi connectivity index (χ2n) is 6.86. The molecule has 0 spiro atoms. The zero-order valence-corrected chi connectivity index (χ0v) is 20.0. The highest BCUT2D eigenvalue weighted by Gasteiger charge is 2.37. The van der Waals surface area contributed by atoms with Crippen molar-refractivity contribution in [3.63, 3.8) is 0 Å². The molecule has 0 saturated carbocycles. The maximum atomic E-state index is 13.2. The molecule has 1 fully saturated rings. The predicted octanol–water partition coefficient (Wildman–Crippen LogP) is 3.34. The van der Waals surface area contributed by atoms with E-state index in [4.69, 9.17) is 26.8 Å². The average Bonchev–Trinajstić information content (AvgIpc) is 2.73. The van der Waals surface area contributed by atoms with E-state index >= 15 is 0 Å². The first-order chi connectivity index (χ1) is 15.6. The van der Waals surface area contributed by atoms with Crippen molar-refractivity contribution in [3.8, 4) is 11.5 Å². The first-order valence-electron chi connectivity index (χ1n) is 9.68. The van der Waals surface area contributed by atoms with Crippen LogP contribution >= 0.6 is 27.5 Å². The number of amides is 5. The monoisotopic (exact) mass is 535 g/mol. The zero-order chi connectivity index (χ0) is 24.3. The van der Waals surface area contributed by atoms with Crippen molar-refractivity contribution in [2.75, 3.05) is 18.1 Å². The molecule has 2 aromatic carbocycles. The number of primary amides is 1. The van der Waals surface area contributed by atoms with Gasteiger partial charge < -0.3 is 15.2 Å². The van der Waals surface area contributed by atoms with E-state index in [0.29, 0.717) is 20.6 Å². The van der Waals surface area contributed by atoms with Crippen LogP contribution in [0.2, 0.25) is 5.02 Å². The normalized spacial score (nSPS) is 15.0. The van der Waals surface area contributed by atoms with Crippen LogP contribution in [0, 0.1) is 6.92 Å². The van der Waals surface area contributed by atoms with Gasteiger partial charge in [-0.05, 0) is 71.2 Å². The van der Waals surface area contributed by atoms with Crippen LogP contribution in [-0.4, -0.2) is 37.0 Å². The largest absolute Gasteiger partial charge is 0.490 e. The standard InChI is InChI=1S/C22H19BrClN3O6/c1-3-32-17-9-12(8-14(23)19(17)33-10-18(25)28)7-13-20(29)26-22(31)27(21(13)30)16-6-4-5-15(24)11(16)2/h4-9H,3,10H2,1-2H3,(H2,25,28)(H,26,29,31)/b13-7+. The first-order valence-corrected chi connectivity index (χ1v) is 10.8. The number of nitrogens with one attached hydrogen (secondary N) is 1. The van der Waals surface area contributed by atoms with E-state index in [0.717, 1.165) is 4.90 Å². The van der Waals surface area contributed by atoms with E-state index in [1.165, 1.54) is 12.1 Å². The minimum absolute atomic E-state index is 0.239. The van der Waals surface area contributed by atoms with Gasteiger partial charge in [-0.25, -0.2) is 9.69 Å². The van der Waals surface area contributed by atoms with Crippen LogP contribution in [0.4, 0.5) is 10.5 Å². The molecule has 172 valence electrons. The van der Waals surface area contributed by atoms with Crippen LogP contribution < -0.4 is 25.4 Å². The van der Waals surface area contributed by atoms with Gasteiger partial charge in [-0.15, -0.1) is 0 Å². The molecule has 0 radical (unpaired) electrons. The fourth-order valence-corrected chi connectivity index (χ4v) is 3.84. The molecule has 0 unspecified atom stereocenters. The maximum absolute atomic E-state index is 13.2. The molecule has 1 aliphatic rings. The molecule has 1 heterocycles. The molecule has 9 nitrogen and oxygen atoms in total. The van der Waals surface area contributed by atoms with Gasteiger partial charge >= 0.3 is 6.03 Å². The molecule has 3 N–H and O–H groups in total.